The number of nitrogens with zero attached hydrogens (tertiary/aromatic N) is 1. The molecule has 0 aliphatic carbocycles. The molecule has 10 heavy (non-hydrogen) atoms. The lowest BCUT2D eigenvalue weighted by molar-refractivity contribution is 1.09. The molecule has 0 aliphatic rings. The van der Waals surface area contributed by atoms with Crippen LogP contribution in [-0.4, -0.2) is 24.2 Å². The highest BCUT2D eigenvalue weighted by atomic mass is 32.1. The van der Waals surface area contributed by atoms with Crippen molar-refractivity contribution in [1.82, 2.24) is 5.32 Å². The Bertz CT molecular complexity index is 143. The Morgan fingerprint density at radius 2 is 2.20 bits per heavy atom. The first kappa shape index (κ1) is 9.09. The van der Waals surface area contributed by atoms with Gasteiger partial charge in [-0.2, -0.15) is 12.6 Å². The van der Waals surface area contributed by atoms with E-state index in [2.05, 4.69) is 22.9 Å². The quantitative estimate of drug-likeness (QED) is 0.198. The van der Waals surface area contributed by atoms with E-state index in [4.69, 9.17) is 16.9 Å². The van der Waals surface area contributed by atoms with Gasteiger partial charge in [0, 0.05) is 5.75 Å². The fourth-order valence-corrected chi connectivity index (χ4v) is 0.448. The molecule has 0 amide bonds. The number of rotatable bonds is 2. The topological polar surface area (TPSA) is 100 Å². The van der Waals surface area contributed by atoms with Gasteiger partial charge in [0.1, 0.15) is 0 Å². The third-order valence-corrected chi connectivity index (χ3v) is 0.845. The number of thiol groups is 1. The lowest BCUT2D eigenvalue weighted by Crippen LogP contribution is -2.40. The van der Waals surface area contributed by atoms with Crippen LogP contribution in [0.3, 0.4) is 0 Å². The van der Waals surface area contributed by atoms with Crippen molar-refractivity contribution < 1.29 is 0 Å². The summed E-state index contributed by atoms with van der Waals surface area (Å²) in [4.78, 5) is 3.77. The van der Waals surface area contributed by atoms with Crippen LogP contribution in [0.15, 0.2) is 4.99 Å². The zero-order chi connectivity index (χ0) is 7.98. The monoisotopic (exact) mass is 161 g/mol. The molecule has 0 heterocycles. The highest BCUT2D eigenvalue weighted by Gasteiger charge is 1.89. The van der Waals surface area contributed by atoms with Gasteiger partial charge in [-0.15, -0.1) is 0 Å². The minimum atomic E-state index is -0.208. The minimum Gasteiger partial charge on any atom is -0.370 e. The van der Waals surface area contributed by atoms with E-state index >= 15 is 0 Å². The van der Waals surface area contributed by atoms with Crippen LogP contribution in [0.4, 0.5) is 0 Å². The molecule has 5 nitrogen and oxygen atoms in total. The van der Waals surface area contributed by atoms with Gasteiger partial charge in [0.05, 0.1) is 6.54 Å². The van der Waals surface area contributed by atoms with Crippen LogP contribution in [0.25, 0.3) is 0 Å². The van der Waals surface area contributed by atoms with E-state index in [0.29, 0.717) is 12.3 Å². The molecule has 0 aliphatic heterocycles. The first-order valence-corrected chi connectivity index (χ1v) is 3.32. The van der Waals surface area contributed by atoms with Gasteiger partial charge in [0.2, 0.25) is 0 Å². The Hall–Kier alpha value is -0.910. The van der Waals surface area contributed by atoms with Gasteiger partial charge >= 0.3 is 0 Å². The predicted octanol–water partition coefficient (Wildman–Crippen LogP) is -1.29. The fourth-order valence-electron chi connectivity index (χ4n) is 0.348. The average molecular weight is 161 g/mol. The van der Waals surface area contributed by atoms with Gasteiger partial charge in [-0.3, -0.25) is 15.7 Å². The molecule has 0 spiro atoms. The van der Waals surface area contributed by atoms with Crippen molar-refractivity contribution in [1.29, 1.82) is 5.41 Å². The van der Waals surface area contributed by atoms with Gasteiger partial charge in [-0.1, -0.05) is 0 Å². The van der Waals surface area contributed by atoms with Gasteiger partial charge in [-0.25, -0.2) is 0 Å². The Kier molecular flexibility index (Phi) is 4.47. The van der Waals surface area contributed by atoms with E-state index in [-0.39, 0.29) is 11.9 Å². The van der Waals surface area contributed by atoms with Crippen LogP contribution in [0.1, 0.15) is 0 Å². The van der Waals surface area contributed by atoms with Crippen molar-refractivity contribution in [3.8, 4) is 0 Å². The number of guanidine groups is 2. The normalized spacial score (nSPS) is 11.1. The average Bonchev–Trinajstić information content (AvgIpc) is 1.82. The molecule has 0 rings (SSSR count). The molecule has 0 saturated carbocycles. The second-order valence-corrected chi connectivity index (χ2v) is 1.98. The SMILES string of the molecule is N=C(N)NC(N)=NCCS. The largest absolute Gasteiger partial charge is 0.370 e. The van der Waals surface area contributed by atoms with Gasteiger partial charge < -0.3 is 11.5 Å². The Labute approximate surface area is 64.8 Å². The summed E-state index contributed by atoms with van der Waals surface area (Å²) in [7, 11) is 0. The summed E-state index contributed by atoms with van der Waals surface area (Å²) in [5, 5.41) is 9.08. The molecule has 0 aromatic rings. The zero-order valence-corrected chi connectivity index (χ0v) is 6.36. The summed E-state index contributed by atoms with van der Waals surface area (Å²) in [5.74, 6) is 0.572. The van der Waals surface area contributed by atoms with Crippen LogP contribution in [0, 0.1) is 5.41 Å². The fraction of sp³-hybridized carbons (Fsp3) is 0.500. The molecule has 0 unspecified atom stereocenters. The summed E-state index contributed by atoms with van der Waals surface area (Å²) < 4.78 is 0. The lowest BCUT2D eigenvalue weighted by Gasteiger charge is -2.00. The smallest absolute Gasteiger partial charge is 0.195 e. The maximum Gasteiger partial charge on any atom is 0.195 e. The van der Waals surface area contributed by atoms with Crippen molar-refractivity contribution >= 4 is 24.5 Å². The van der Waals surface area contributed by atoms with E-state index in [9.17, 15) is 0 Å². The number of aliphatic imine (C=N–C) groups is 1. The Balaban J connectivity index is 3.59. The van der Waals surface area contributed by atoms with Crippen molar-refractivity contribution in [2.45, 2.75) is 0 Å². The highest BCUT2D eigenvalue weighted by molar-refractivity contribution is 7.80. The van der Waals surface area contributed by atoms with Crippen molar-refractivity contribution in [2.75, 3.05) is 12.3 Å². The molecule has 0 aromatic carbocycles. The number of hydrogen-bond acceptors (Lipinski definition) is 3. The molecule has 6 heteroatoms. The molecule has 0 radical (unpaired) electrons. The first-order chi connectivity index (χ1) is 4.66. The van der Waals surface area contributed by atoms with Crippen LogP contribution in [0.2, 0.25) is 0 Å². The van der Waals surface area contributed by atoms with Crippen molar-refractivity contribution in [3.63, 3.8) is 0 Å². The molecule has 0 bridgehead atoms. The van der Waals surface area contributed by atoms with E-state index in [1.165, 1.54) is 0 Å². The molecule has 0 aromatic heterocycles. The van der Waals surface area contributed by atoms with Crippen molar-refractivity contribution in [2.24, 2.45) is 16.5 Å². The van der Waals surface area contributed by atoms with E-state index in [1.54, 1.807) is 0 Å². The first-order valence-electron chi connectivity index (χ1n) is 2.68. The Morgan fingerprint density at radius 1 is 1.60 bits per heavy atom. The molecule has 6 N–H and O–H groups in total. The number of nitrogens with two attached hydrogens (primary N) is 2. The predicted molar refractivity (Wildman–Crippen MR) is 45.4 cm³/mol. The third kappa shape index (κ3) is 5.23. The van der Waals surface area contributed by atoms with Crippen LogP contribution >= 0.6 is 12.6 Å². The molecule has 0 saturated heterocycles. The summed E-state index contributed by atoms with van der Waals surface area (Å²) in [6.07, 6.45) is 0. The van der Waals surface area contributed by atoms with Gasteiger partial charge in [-0.05, 0) is 0 Å². The molecular weight excluding hydrogens is 150 g/mol. The molecule has 0 atom stereocenters. The number of nitrogens with one attached hydrogen (secondary N) is 2. The Morgan fingerprint density at radius 3 is 2.60 bits per heavy atom. The maximum absolute atomic E-state index is 6.75. The van der Waals surface area contributed by atoms with Crippen LogP contribution < -0.4 is 16.8 Å². The minimum absolute atomic E-state index is 0.154. The molecular formula is C4H11N5S. The summed E-state index contributed by atoms with van der Waals surface area (Å²) in [5.41, 5.74) is 10.2. The molecule has 0 fully saturated rings. The number of hydrogen-bond donors (Lipinski definition) is 5. The van der Waals surface area contributed by atoms with E-state index < -0.39 is 0 Å². The second-order valence-electron chi connectivity index (χ2n) is 1.53. The second kappa shape index (κ2) is 4.92. The van der Waals surface area contributed by atoms with Crippen LogP contribution in [0.5, 0.6) is 0 Å². The molecule has 58 valence electrons. The van der Waals surface area contributed by atoms with Gasteiger partial charge in [0.25, 0.3) is 0 Å². The van der Waals surface area contributed by atoms with Crippen LogP contribution in [-0.2, 0) is 0 Å². The summed E-state index contributed by atoms with van der Waals surface area (Å²) >= 11 is 3.91. The summed E-state index contributed by atoms with van der Waals surface area (Å²) in [6.45, 7) is 0.523. The maximum atomic E-state index is 6.75. The standard InChI is InChI=1S/C4H11N5S/c5-3(6)9-4(7)8-1-2-10/h10H,1-2H2,(H6,5,6,7,8,9). The van der Waals surface area contributed by atoms with Gasteiger partial charge in [0.15, 0.2) is 11.9 Å². The highest BCUT2D eigenvalue weighted by Crippen LogP contribution is 1.73. The third-order valence-electron chi connectivity index (χ3n) is 0.645. The summed E-state index contributed by atoms with van der Waals surface area (Å²) in [6, 6.07) is 0. The van der Waals surface area contributed by atoms with E-state index in [1.807, 2.05) is 0 Å². The lowest BCUT2D eigenvalue weighted by atomic mass is 10.7. The van der Waals surface area contributed by atoms with E-state index in [0.717, 1.165) is 0 Å². The zero-order valence-electron chi connectivity index (χ0n) is 5.46. The van der Waals surface area contributed by atoms with Crippen molar-refractivity contribution in [3.05, 3.63) is 0 Å².